The summed E-state index contributed by atoms with van der Waals surface area (Å²) in [5.74, 6) is 0.950. The number of hydrogen-bond donors (Lipinski definition) is 2. The van der Waals surface area contributed by atoms with Crippen molar-refractivity contribution in [3.05, 3.63) is 35.9 Å². The van der Waals surface area contributed by atoms with Crippen molar-refractivity contribution < 1.29 is 9.59 Å². The van der Waals surface area contributed by atoms with Gasteiger partial charge in [0.15, 0.2) is 0 Å². The van der Waals surface area contributed by atoms with Crippen molar-refractivity contribution in [1.82, 2.24) is 20.4 Å². The van der Waals surface area contributed by atoms with E-state index in [1.165, 1.54) is 24.8 Å². The molecule has 2 saturated heterocycles. The predicted octanol–water partition coefficient (Wildman–Crippen LogP) is 3.22. The second-order valence-electron chi connectivity index (χ2n) is 10.7. The smallest absolute Gasteiger partial charge is 0.245 e. The number of likely N-dealkylation sites (N-methyl/N-ethyl adjacent to an activating group) is 1. The molecule has 188 valence electrons. The zero-order chi connectivity index (χ0) is 23.9. The standard InChI is InChI=1S/C28H44N4O2/c1-21(29-2)27(33)30-26(24-12-7-4-8-13-24)28(34)32-19-16-23-14-9-17-31(20-25(23)32)18-15-22-10-5-3-6-11-22/h3,5-6,10-11,21,23-26,29H,4,7-9,12-20H2,1-2H3,(H,30,33)/t21?,23-,25-,26-/m1/s1. The Kier molecular flexibility index (Phi) is 9.01. The lowest BCUT2D eigenvalue weighted by atomic mass is 9.83. The predicted molar refractivity (Wildman–Crippen MR) is 136 cm³/mol. The fraction of sp³-hybridized carbons (Fsp3) is 0.714. The average molecular weight is 469 g/mol. The maximum Gasteiger partial charge on any atom is 0.245 e. The second-order valence-corrected chi connectivity index (χ2v) is 10.7. The van der Waals surface area contributed by atoms with Gasteiger partial charge in [-0.2, -0.15) is 0 Å². The summed E-state index contributed by atoms with van der Waals surface area (Å²) < 4.78 is 0. The fourth-order valence-corrected chi connectivity index (χ4v) is 6.28. The topological polar surface area (TPSA) is 64.7 Å². The molecule has 1 aromatic rings. The van der Waals surface area contributed by atoms with Crippen molar-refractivity contribution in [2.45, 2.75) is 82.8 Å². The van der Waals surface area contributed by atoms with E-state index in [1.807, 2.05) is 6.92 Å². The molecule has 0 spiro atoms. The number of carbonyl (C=O) groups is 2. The second kappa shape index (κ2) is 12.2. The first-order valence-corrected chi connectivity index (χ1v) is 13.6. The Morgan fingerprint density at radius 1 is 1.00 bits per heavy atom. The molecular weight excluding hydrogens is 424 g/mol. The normalized spacial score (nSPS) is 25.9. The lowest BCUT2D eigenvalue weighted by Gasteiger charge is -2.37. The van der Waals surface area contributed by atoms with Gasteiger partial charge in [-0.1, -0.05) is 49.6 Å². The molecule has 2 N–H and O–H groups in total. The highest BCUT2D eigenvalue weighted by Crippen LogP contribution is 2.34. The van der Waals surface area contributed by atoms with Crippen LogP contribution < -0.4 is 10.6 Å². The minimum absolute atomic E-state index is 0.0625. The number of rotatable bonds is 8. The lowest BCUT2D eigenvalue weighted by molar-refractivity contribution is -0.140. The van der Waals surface area contributed by atoms with Crippen molar-refractivity contribution in [1.29, 1.82) is 0 Å². The third kappa shape index (κ3) is 6.19. The Hall–Kier alpha value is -1.92. The van der Waals surface area contributed by atoms with Crippen LogP contribution in [-0.2, 0) is 16.0 Å². The maximum absolute atomic E-state index is 14.0. The summed E-state index contributed by atoms with van der Waals surface area (Å²) in [6.45, 7) is 5.81. The summed E-state index contributed by atoms with van der Waals surface area (Å²) in [6, 6.07) is 10.3. The van der Waals surface area contributed by atoms with E-state index < -0.39 is 0 Å². The molecule has 6 nitrogen and oxygen atoms in total. The summed E-state index contributed by atoms with van der Waals surface area (Å²) in [6.07, 6.45) is 10.2. The summed E-state index contributed by atoms with van der Waals surface area (Å²) in [4.78, 5) is 31.6. The van der Waals surface area contributed by atoms with Gasteiger partial charge < -0.3 is 20.4 Å². The minimum atomic E-state index is -0.386. The highest BCUT2D eigenvalue weighted by molar-refractivity contribution is 5.90. The molecule has 2 heterocycles. The number of nitrogens with zero attached hydrogens (tertiary/aromatic N) is 2. The number of carbonyl (C=O) groups excluding carboxylic acids is 2. The molecule has 3 fully saturated rings. The SMILES string of the molecule is CNC(C)C(=O)N[C@@H](C(=O)N1CC[C@H]2CCCN(CCc3ccccc3)C[C@H]21)C1CCCCC1. The first kappa shape index (κ1) is 25.2. The van der Waals surface area contributed by atoms with E-state index in [2.05, 4.69) is 50.8 Å². The summed E-state index contributed by atoms with van der Waals surface area (Å²) in [5, 5.41) is 6.20. The zero-order valence-corrected chi connectivity index (χ0v) is 21.2. The summed E-state index contributed by atoms with van der Waals surface area (Å²) in [5.41, 5.74) is 1.38. The Labute approximate surface area is 205 Å². The Morgan fingerprint density at radius 3 is 2.50 bits per heavy atom. The molecule has 2 amide bonds. The molecule has 6 heteroatoms. The number of likely N-dealkylation sites (tertiary alicyclic amines) is 2. The van der Waals surface area contributed by atoms with Crippen LogP contribution in [0, 0.1) is 11.8 Å². The van der Waals surface area contributed by atoms with Gasteiger partial charge in [0.1, 0.15) is 6.04 Å². The minimum Gasteiger partial charge on any atom is -0.343 e. The fourth-order valence-electron chi connectivity index (χ4n) is 6.28. The third-order valence-corrected chi connectivity index (χ3v) is 8.53. The van der Waals surface area contributed by atoms with E-state index in [9.17, 15) is 9.59 Å². The number of amides is 2. The quantitative estimate of drug-likeness (QED) is 0.615. The van der Waals surface area contributed by atoms with Crippen molar-refractivity contribution in [2.24, 2.45) is 11.8 Å². The van der Waals surface area contributed by atoms with Crippen LogP contribution in [0.2, 0.25) is 0 Å². The van der Waals surface area contributed by atoms with Gasteiger partial charge in [0.2, 0.25) is 11.8 Å². The lowest BCUT2D eigenvalue weighted by Crippen LogP contribution is -2.57. The van der Waals surface area contributed by atoms with Crippen LogP contribution in [-0.4, -0.2) is 73.0 Å². The molecule has 1 unspecified atom stereocenters. The number of nitrogens with one attached hydrogen (secondary N) is 2. The highest BCUT2D eigenvalue weighted by Gasteiger charge is 2.43. The monoisotopic (exact) mass is 468 g/mol. The van der Waals surface area contributed by atoms with Crippen LogP contribution >= 0.6 is 0 Å². The van der Waals surface area contributed by atoms with Gasteiger partial charge in [0.05, 0.1) is 6.04 Å². The molecular formula is C28H44N4O2. The molecule has 1 aliphatic carbocycles. The Morgan fingerprint density at radius 2 is 1.76 bits per heavy atom. The molecule has 0 aromatic heterocycles. The van der Waals surface area contributed by atoms with E-state index in [4.69, 9.17) is 0 Å². The molecule has 34 heavy (non-hydrogen) atoms. The van der Waals surface area contributed by atoms with Crippen molar-refractivity contribution in [3.8, 4) is 0 Å². The molecule has 2 aliphatic heterocycles. The van der Waals surface area contributed by atoms with Crippen LogP contribution in [0.25, 0.3) is 0 Å². The van der Waals surface area contributed by atoms with E-state index >= 15 is 0 Å². The van der Waals surface area contributed by atoms with Crippen molar-refractivity contribution in [2.75, 3.05) is 33.2 Å². The van der Waals surface area contributed by atoms with Crippen LogP contribution in [0.5, 0.6) is 0 Å². The van der Waals surface area contributed by atoms with Crippen LogP contribution in [0.4, 0.5) is 0 Å². The largest absolute Gasteiger partial charge is 0.343 e. The van der Waals surface area contributed by atoms with Gasteiger partial charge in [0.25, 0.3) is 0 Å². The molecule has 0 bridgehead atoms. The molecule has 4 rings (SSSR count). The maximum atomic E-state index is 14.0. The Balaban J connectivity index is 1.45. The number of fused-ring (bicyclic) bond motifs is 1. The van der Waals surface area contributed by atoms with Gasteiger partial charge >= 0.3 is 0 Å². The first-order valence-electron chi connectivity index (χ1n) is 13.6. The molecule has 4 atom stereocenters. The van der Waals surface area contributed by atoms with Gasteiger partial charge in [-0.05, 0) is 76.4 Å². The van der Waals surface area contributed by atoms with Gasteiger partial charge in [-0.3, -0.25) is 9.59 Å². The number of benzene rings is 1. The first-order chi connectivity index (χ1) is 16.6. The third-order valence-electron chi connectivity index (χ3n) is 8.53. The van der Waals surface area contributed by atoms with Crippen molar-refractivity contribution >= 4 is 11.8 Å². The van der Waals surface area contributed by atoms with E-state index in [-0.39, 0.29) is 35.9 Å². The van der Waals surface area contributed by atoms with Crippen LogP contribution in [0.15, 0.2) is 30.3 Å². The summed E-state index contributed by atoms with van der Waals surface area (Å²) in [7, 11) is 1.79. The zero-order valence-electron chi connectivity index (χ0n) is 21.2. The highest BCUT2D eigenvalue weighted by atomic mass is 16.2. The molecule has 1 aromatic carbocycles. The Bertz CT molecular complexity index is 795. The molecule has 3 aliphatic rings. The van der Waals surface area contributed by atoms with Gasteiger partial charge in [0, 0.05) is 25.7 Å². The number of hydrogen-bond acceptors (Lipinski definition) is 4. The van der Waals surface area contributed by atoms with E-state index in [1.54, 1.807) is 7.05 Å². The van der Waals surface area contributed by atoms with Gasteiger partial charge in [-0.15, -0.1) is 0 Å². The molecule has 0 radical (unpaired) electrons. The van der Waals surface area contributed by atoms with E-state index in [0.29, 0.717) is 5.92 Å². The van der Waals surface area contributed by atoms with Crippen molar-refractivity contribution in [3.63, 3.8) is 0 Å². The van der Waals surface area contributed by atoms with Crippen LogP contribution in [0.3, 0.4) is 0 Å². The summed E-state index contributed by atoms with van der Waals surface area (Å²) >= 11 is 0. The van der Waals surface area contributed by atoms with Gasteiger partial charge in [-0.25, -0.2) is 0 Å². The van der Waals surface area contributed by atoms with E-state index in [0.717, 1.165) is 64.7 Å². The average Bonchev–Trinajstić information content (AvgIpc) is 3.16. The molecule has 1 saturated carbocycles. The van der Waals surface area contributed by atoms with Crippen LogP contribution in [0.1, 0.15) is 63.9 Å².